The molecule has 0 aromatic heterocycles. The van der Waals surface area contributed by atoms with Gasteiger partial charge in [0.25, 0.3) is 0 Å². The number of hydrogen-bond acceptors (Lipinski definition) is 7. The van der Waals surface area contributed by atoms with Crippen molar-refractivity contribution < 1.29 is 34.0 Å². The molecule has 28 heavy (non-hydrogen) atoms. The van der Waals surface area contributed by atoms with Gasteiger partial charge in [0.1, 0.15) is 11.5 Å². The maximum Gasteiger partial charge on any atom is 0.338 e. The number of carbonyl (C=O) groups is 2. The van der Waals surface area contributed by atoms with Gasteiger partial charge < -0.3 is 24.4 Å². The van der Waals surface area contributed by atoms with Gasteiger partial charge in [-0.3, -0.25) is 0 Å². The van der Waals surface area contributed by atoms with E-state index < -0.39 is 17.9 Å². The lowest BCUT2D eigenvalue weighted by molar-refractivity contribution is -0.137. The molecule has 0 aliphatic heterocycles. The molecule has 1 atom stereocenters. The monoisotopic (exact) mass is 396 g/mol. The standard InChI is InChI=1S/C21H32O7/c1-13(8-7-11-21(2,3)28-6)12-14-17(19(24)26-4)15(22)9-10-16(23)18(14)20(25)27-5/h9-10,13-14,22-23H,7-8,11-12H2,1-6H3. The Morgan fingerprint density at radius 1 is 1.04 bits per heavy atom. The fourth-order valence-electron chi connectivity index (χ4n) is 3.29. The molecule has 0 aromatic rings. The highest BCUT2D eigenvalue weighted by molar-refractivity contribution is 5.97. The third-order valence-electron chi connectivity index (χ3n) is 5.12. The summed E-state index contributed by atoms with van der Waals surface area (Å²) >= 11 is 0. The molecule has 1 unspecified atom stereocenters. The largest absolute Gasteiger partial charge is 0.507 e. The van der Waals surface area contributed by atoms with Crippen LogP contribution in [0, 0.1) is 11.8 Å². The topological polar surface area (TPSA) is 102 Å². The number of aliphatic hydroxyl groups is 2. The second-order valence-corrected chi connectivity index (χ2v) is 7.66. The van der Waals surface area contributed by atoms with Crippen LogP contribution in [0.2, 0.25) is 0 Å². The van der Waals surface area contributed by atoms with E-state index in [1.807, 2.05) is 20.8 Å². The molecule has 7 nitrogen and oxygen atoms in total. The number of methoxy groups -OCH3 is 3. The maximum atomic E-state index is 12.3. The van der Waals surface area contributed by atoms with E-state index in [9.17, 15) is 19.8 Å². The predicted molar refractivity (Wildman–Crippen MR) is 105 cm³/mol. The molecule has 158 valence electrons. The van der Waals surface area contributed by atoms with Crippen LogP contribution >= 0.6 is 0 Å². The molecule has 0 fully saturated rings. The van der Waals surface area contributed by atoms with Gasteiger partial charge in [-0.05, 0) is 44.8 Å². The first-order valence-corrected chi connectivity index (χ1v) is 9.34. The van der Waals surface area contributed by atoms with Crippen LogP contribution in [0.1, 0.15) is 46.5 Å². The molecule has 0 saturated heterocycles. The fourth-order valence-corrected chi connectivity index (χ4v) is 3.29. The zero-order valence-corrected chi connectivity index (χ0v) is 17.6. The van der Waals surface area contributed by atoms with E-state index in [-0.39, 0.29) is 34.2 Å². The van der Waals surface area contributed by atoms with E-state index in [1.54, 1.807) is 7.11 Å². The van der Waals surface area contributed by atoms with Gasteiger partial charge in [0.05, 0.1) is 31.0 Å². The van der Waals surface area contributed by atoms with Crippen LogP contribution in [0.25, 0.3) is 0 Å². The SMILES string of the molecule is COC(=O)C1=C(O)C=CC(O)=C(C(=O)OC)C1CC(C)CCCC(C)(C)OC. The van der Waals surface area contributed by atoms with Crippen LogP contribution in [0.15, 0.2) is 34.8 Å². The third-order valence-corrected chi connectivity index (χ3v) is 5.12. The maximum absolute atomic E-state index is 12.3. The van der Waals surface area contributed by atoms with Crippen molar-refractivity contribution >= 4 is 11.9 Å². The zero-order chi connectivity index (χ0) is 21.5. The summed E-state index contributed by atoms with van der Waals surface area (Å²) in [6.45, 7) is 6.03. The van der Waals surface area contributed by atoms with Gasteiger partial charge in [-0.15, -0.1) is 0 Å². The average Bonchev–Trinajstić information content (AvgIpc) is 2.76. The summed E-state index contributed by atoms with van der Waals surface area (Å²) in [5.41, 5.74) is -0.351. The Hall–Kier alpha value is -2.28. The Morgan fingerprint density at radius 2 is 1.50 bits per heavy atom. The highest BCUT2D eigenvalue weighted by Crippen LogP contribution is 2.36. The first-order valence-electron chi connectivity index (χ1n) is 9.34. The van der Waals surface area contributed by atoms with Gasteiger partial charge in [0.2, 0.25) is 0 Å². The minimum absolute atomic E-state index is 0.0627. The molecule has 2 N–H and O–H groups in total. The van der Waals surface area contributed by atoms with Crippen molar-refractivity contribution in [3.63, 3.8) is 0 Å². The molecule has 1 aliphatic rings. The second-order valence-electron chi connectivity index (χ2n) is 7.66. The molecule has 7 heteroatoms. The van der Waals surface area contributed by atoms with E-state index in [4.69, 9.17) is 14.2 Å². The minimum atomic E-state index is -0.847. The zero-order valence-electron chi connectivity index (χ0n) is 17.6. The molecule has 0 aromatic carbocycles. The smallest absolute Gasteiger partial charge is 0.338 e. The predicted octanol–water partition coefficient (Wildman–Crippen LogP) is 3.76. The summed E-state index contributed by atoms with van der Waals surface area (Å²) in [7, 11) is 4.08. The van der Waals surface area contributed by atoms with Crippen molar-refractivity contribution in [1.29, 1.82) is 0 Å². The summed E-state index contributed by atoms with van der Waals surface area (Å²) in [6, 6.07) is 0. The Labute approximate surface area is 166 Å². The lowest BCUT2D eigenvalue weighted by atomic mass is 9.81. The molecule has 0 amide bonds. The van der Waals surface area contributed by atoms with E-state index in [0.717, 1.165) is 19.3 Å². The van der Waals surface area contributed by atoms with Gasteiger partial charge in [0, 0.05) is 13.0 Å². The molecule has 1 aliphatic carbocycles. The molecular weight excluding hydrogens is 364 g/mol. The van der Waals surface area contributed by atoms with Crippen molar-refractivity contribution in [2.75, 3.05) is 21.3 Å². The van der Waals surface area contributed by atoms with Gasteiger partial charge in [-0.1, -0.05) is 19.8 Å². The van der Waals surface area contributed by atoms with Crippen molar-refractivity contribution in [2.24, 2.45) is 11.8 Å². The quantitative estimate of drug-likeness (QED) is 0.572. The molecule has 0 spiro atoms. The van der Waals surface area contributed by atoms with Crippen LogP contribution in [0.5, 0.6) is 0 Å². The lowest BCUT2D eigenvalue weighted by Gasteiger charge is -2.26. The number of ether oxygens (including phenoxy) is 3. The summed E-state index contributed by atoms with van der Waals surface area (Å²) in [4.78, 5) is 24.6. The summed E-state index contributed by atoms with van der Waals surface area (Å²) in [5, 5.41) is 20.6. The summed E-state index contributed by atoms with van der Waals surface area (Å²) in [5.74, 6) is -2.94. The number of allylic oxidation sites excluding steroid dienone is 2. The Morgan fingerprint density at radius 3 is 1.89 bits per heavy atom. The lowest BCUT2D eigenvalue weighted by Crippen LogP contribution is -2.26. The first kappa shape index (κ1) is 23.8. The van der Waals surface area contributed by atoms with E-state index in [0.29, 0.717) is 6.42 Å². The van der Waals surface area contributed by atoms with Crippen LogP contribution < -0.4 is 0 Å². The molecule has 0 heterocycles. The van der Waals surface area contributed by atoms with Gasteiger partial charge >= 0.3 is 11.9 Å². The number of aliphatic hydroxyl groups excluding tert-OH is 2. The molecule has 0 radical (unpaired) electrons. The molecule has 1 rings (SSSR count). The van der Waals surface area contributed by atoms with Crippen molar-refractivity contribution in [3.8, 4) is 0 Å². The number of hydrogen-bond donors (Lipinski definition) is 2. The van der Waals surface area contributed by atoms with Gasteiger partial charge in [-0.25, -0.2) is 9.59 Å². The highest BCUT2D eigenvalue weighted by Gasteiger charge is 2.36. The Bertz CT molecular complexity index is 628. The van der Waals surface area contributed by atoms with Gasteiger partial charge in [-0.2, -0.15) is 0 Å². The van der Waals surface area contributed by atoms with Crippen LogP contribution in [-0.4, -0.2) is 49.1 Å². The third kappa shape index (κ3) is 6.12. The highest BCUT2D eigenvalue weighted by atomic mass is 16.5. The Kier molecular flexibility index (Phi) is 8.75. The van der Waals surface area contributed by atoms with E-state index >= 15 is 0 Å². The van der Waals surface area contributed by atoms with Crippen LogP contribution in [0.4, 0.5) is 0 Å². The second kappa shape index (κ2) is 10.3. The first-order chi connectivity index (χ1) is 13.1. The number of esters is 2. The molecular formula is C21H32O7. The van der Waals surface area contributed by atoms with E-state index in [1.165, 1.54) is 26.4 Å². The van der Waals surface area contributed by atoms with Crippen molar-refractivity contribution in [2.45, 2.75) is 52.1 Å². The minimum Gasteiger partial charge on any atom is -0.507 e. The molecule has 0 bridgehead atoms. The number of rotatable bonds is 9. The van der Waals surface area contributed by atoms with Gasteiger partial charge in [0.15, 0.2) is 0 Å². The average molecular weight is 396 g/mol. The normalized spacial score (nSPS) is 16.8. The van der Waals surface area contributed by atoms with Crippen molar-refractivity contribution in [3.05, 3.63) is 34.8 Å². The molecule has 0 saturated carbocycles. The number of carbonyl (C=O) groups excluding carboxylic acids is 2. The summed E-state index contributed by atoms with van der Waals surface area (Å²) in [6.07, 6.45) is 5.28. The van der Waals surface area contributed by atoms with E-state index in [2.05, 4.69) is 0 Å². The van der Waals surface area contributed by atoms with Crippen molar-refractivity contribution in [1.82, 2.24) is 0 Å². The van der Waals surface area contributed by atoms with Crippen LogP contribution in [-0.2, 0) is 23.8 Å². The van der Waals surface area contributed by atoms with Crippen LogP contribution in [0.3, 0.4) is 0 Å². The fraction of sp³-hybridized carbons (Fsp3) is 0.619. The Balaban J connectivity index is 3.14. The summed E-state index contributed by atoms with van der Waals surface area (Å²) < 4.78 is 15.0.